The highest BCUT2D eigenvalue weighted by molar-refractivity contribution is 7.87. The standard InChI is InChI=1S/C13H29N3O2S/c1-5-14-9-6-10-16(4)19(17,18)15-11-13(7-8-13)12(2)3/h12,14-15H,5-11H2,1-4H3. The van der Waals surface area contributed by atoms with Gasteiger partial charge >= 0.3 is 0 Å². The average molecular weight is 291 g/mol. The quantitative estimate of drug-likeness (QED) is 0.594. The van der Waals surface area contributed by atoms with Crippen LogP contribution in [0.4, 0.5) is 0 Å². The molecular weight excluding hydrogens is 262 g/mol. The molecule has 0 aliphatic heterocycles. The van der Waals surface area contributed by atoms with Crippen molar-refractivity contribution in [2.45, 2.75) is 40.0 Å². The van der Waals surface area contributed by atoms with Crippen molar-refractivity contribution in [1.82, 2.24) is 14.3 Å². The first-order valence-electron chi connectivity index (χ1n) is 7.26. The van der Waals surface area contributed by atoms with Crippen molar-refractivity contribution in [3.63, 3.8) is 0 Å². The van der Waals surface area contributed by atoms with Gasteiger partial charge in [-0.05, 0) is 43.7 Å². The molecule has 0 aromatic rings. The molecule has 1 saturated carbocycles. The summed E-state index contributed by atoms with van der Waals surface area (Å²) in [7, 11) is -1.68. The smallest absolute Gasteiger partial charge is 0.279 e. The molecule has 1 fully saturated rings. The van der Waals surface area contributed by atoms with Gasteiger partial charge in [-0.15, -0.1) is 0 Å². The second-order valence-corrected chi connectivity index (χ2v) is 7.73. The minimum Gasteiger partial charge on any atom is -0.317 e. The van der Waals surface area contributed by atoms with Crippen molar-refractivity contribution in [2.75, 3.05) is 33.2 Å². The molecule has 0 spiro atoms. The summed E-state index contributed by atoms with van der Waals surface area (Å²) in [5.41, 5.74) is 0.206. The summed E-state index contributed by atoms with van der Waals surface area (Å²) in [6.45, 7) is 9.28. The summed E-state index contributed by atoms with van der Waals surface area (Å²) in [6.07, 6.45) is 3.11. The molecule has 0 radical (unpaired) electrons. The van der Waals surface area contributed by atoms with Crippen molar-refractivity contribution in [2.24, 2.45) is 11.3 Å². The van der Waals surface area contributed by atoms with E-state index in [0.717, 1.165) is 32.4 Å². The van der Waals surface area contributed by atoms with Gasteiger partial charge in [0.25, 0.3) is 10.2 Å². The number of nitrogens with one attached hydrogen (secondary N) is 2. The molecule has 0 amide bonds. The van der Waals surface area contributed by atoms with Gasteiger partial charge in [-0.25, -0.2) is 4.72 Å². The maximum absolute atomic E-state index is 12.1. The second-order valence-electron chi connectivity index (χ2n) is 5.87. The third-order valence-electron chi connectivity index (χ3n) is 4.21. The fourth-order valence-electron chi connectivity index (χ4n) is 2.19. The lowest BCUT2D eigenvalue weighted by atomic mass is 9.93. The average Bonchev–Trinajstić information content (AvgIpc) is 3.13. The van der Waals surface area contributed by atoms with Crippen LogP contribution in [0, 0.1) is 11.3 Å². The molecule has 6 heteroatoms. The largest absolute Gasteiger partial charge is 0.317 e. The Hall–Kier alpha value is -0.170. The van der Waals surface area contributed by atoms with Gasteiger partial charge in [-0.1, -0.05) is 20.8 Å². The van der Waals surface area contributed by atoms with Crippen molar-refractivity contribution in [3.05, 3.63) is 0 Å². The third kappa shape index (κ3) is 5.02. The summed E-state index contributed by atoms with van der Waals surface area (Å²) in [5.74, 6) is 0.536. The van der Waals surface area contributed by atoms with Crippen LogP contribution >= 0.6 is 0 Å². The molecule has 114 valence electrons. The molecule has 0 aromatic heterocycles. The molecule has 2 N–H and O–H groups in total. The van der Waals surface area contributed by atoms with Crippen molar-refractivity contribution in [1.29, 1.82) is 0 Å². The van der Waals surface area contributed by atoms with E-state index in [1.54, 1.807) is 7.05 Å². The van der Waals surface area contributed by atoms with E-state index in [4.69, 9.17) is 0 Å². The first-order chi connectivity index (χ1) is 8.84. The highest BCUT2D eigenvalue weighted by Gasteiger charge is 2.45. The topological polar surface area (TPSA) is 61.4 Å². The van der Waals surface area contributed by atoms with E-state index in [1.807, 2.05) is 6.92 Å². The van der Waals surface area contributed by atoms with Crippen LogP contribution in [0.15, 0.2) is 0 Å². The molecule has 0 aromatic carbocycles. The van der Waals surface area contributed by atoms with E-state index < -0.39 is 10.2 Å². The van der Waals surface area contributed by atoms with Crippen molar-refractivity contribution >= 4 is 10.2 Å². The Balaban J connectivity index is 2.34. The highest BCUT2D eigenvalue weighted by Crippen LogP contribution is 2.51. The fourth-order valence-corrected chi connectivity index (χ4v) is 3.25. The van der Waals surface area contributed by atoms with Gasteiger partial charge in [-0.3, -0.25) is 0 Å². The summed E-state index contributed by atoms with van der Waals surface area (Å²) in [5, 5.41) is 3.19. The molecule has 0 saturated heterocycles. The molecule has 1 aliphatic rings. The van der Waals surface area contributed by atoms with Crippen LogP contribution in [0.1, 0.15) is 40.0 Å². The van der Waals surface area contributed by atoms with Crippen LogP contribution in [0.2, 0.25) is 0 Å². The number of nitrogens with zero attached hydrogens (tertiary/aromatic N) is 1. The van der Waals surface area contributed by atoms with Crippen LogP contribution < -0.4 is 10.0 Å². The Morgan fingerprint density at radius 1 is 1.32 bits per heavy atom. The van der Waals surface area contributed by atoms with E-state index in [-0.39, 0.29) is 5.41 Å². The zero-order valence-electron chi connectivity index (χ0n) is 12.7. The highest BCUT2D eigenvalue weighted by atomic mass is 32.2. The Morgan fingerprint density at radius 3 is 2.42 bits per heavy atom. The third-order valence-corrected chi connectivity index (χ3v) is 5.72. The molecule has 5 nitrogen and oxygen atoms in total. The van der Waals surface area contributed by atoms with Crippen molar-refractivity contribution in [3.8, 4) is 0 Å². The molecule has 1 rings (SSSR count). The lowest BCUT2D eigenvalue weighted by Crippen LogP contribution is -2.42. The van der Waals surface area contributed by atoms with Gasteiger partial charge in [0.05, 0.1) is 0 Å². The van der Waals surface area contributed by atoms with Gasteiger partial charge < -0.3 is 5.32 Å². The van der Waals surface area contributed by atoms with E-state index in [0.29, 0.717) is 19.0 Å². The van der Waals surface area contributed by atoms with E-state index in [2.05, 4.69) is 23.9 Å². The van der Waals surface area contributed by atoms with E-state index >= 15 is 0 Å². The van der Waals surface area contributed by atoms with Gasteiger partial charge in [-0.2, -0.15) is 12.7 Å². The summed E-state index contributed by atoms with van der Waals surface area (Å²) < 4.78 is 28.4. The van der Waals surface area contributed by atoms with E-state index in [9.17, 15) is 8.42 Å². The fraction of sp³-hybridized carbons (Fsp3) is 1.00. The summed E-state index contributed by atoms with van der Waals surface area (Å²) in [6, 6.07) is 0. The molecule has 0 bridgehead atoms. The normalized spacial score (nSPS) is 18.2. The van der Waals surface area contributed by atoms with Crippen LogP contribution in [-0.2, 0) is 10.2 Å². The number of hydrogen-bond donors (Lipinski definition) is 2. The lowest BCUT2D eigenvalue weighted by Gasteiger charge is -2.23. The Labute approximate surface area is 118 Å². The Morgan fingerprint density at radius 2 is 1.95 bits per heavy atom. The van der Waals surface area contributed by atoms with Crippen molar-refractivity contribution < 1.29 is 8.42 Å². The summed E-state index contributed by atoms with van der Waals surface area (Å²) >= 11 is 0. The molecule has 0 unspecified atom stereocenters. The minimum absolute atomic E-state index is 0.206. The Bertz CT molecular complexity index is 364. The van der Waals surface area contributed by atoms with Crippen LogP contribution in [0.3, 0.4) is 0 Å². The number of hydrogen-bond acceptors (Lipinski definition) is 3. The monoisotopic (exact) mass is 291 g/mol. The first kappa shape index (κ1) is 16.9. The van der Waals surface area contributed by atoms with Crippen LogP contribution in [0.25, 0.3) is 0 Å². The second kappa shape index (κ2) is 7.02. The zero-order valence-corrected chi connectivity index (χ0v) is 13.5. The van der Waals surface area contributed by atoms with Gasteiger partial charge in [0.15, 0.2) is 0 Å². The summed E-state index contributed by atoms with van der Waals surface area (Å²) in [4.78, 5) is 0. The Kier molecular flexibility index (Phi) is 6.23. The van der Waals surface area contributed by atoms with Crippen LogP contribution in [0.5, 0.6) is 0 Å². The molecule has 19 heavy (non-hydrogen) atoms. The minimum atomic E-state index is -3.32. The maximum atomic E-state index is 12.1. The van der Waals surface area contributed by atoms with Gasteiger partial charge in [0, 0.05) is 20.1 Å². The molecule has 0 heterocycles. The first-order valence-corrected chi connectivity index (χ1v) is 8.70. The maximum Gasteiger partial charge on any atom is 0.279 e. The lowest BCUT2D eigenvalue weighted by molar-refractivity contribution is 0.351. The predicted molar refractivity (Wildman–Crippen MR) is 79.2 cm³/mol. The van der Waals surface area contributed by atoms with E-state index in [1.165, 1.54) is 4.31 Å². The SMILES string of the molecule is CCNCCCN(C)S(=O)(=O)NCC1(C(C)C)CC1. The number of rotatable bonds is 10. The predicted octanol–water partition coefficient (Wildman–Crippen LogP) is 1.19. The van der Waals surface area contributed by atoms with Gasteiger partial charge in [0.1, 0.15) is 0 Å². The molecular formula is C13H29N3O2S. The van der Waals surface area contributed by atoms with Gasteiger partial charge in [0.2, 0.25) is 0 Å². The molecule has 0 atom stereocenters. The molecule has 1 aliphatic carbocycles. The van der Waals surface area contributed by atoms with Crippen LogP contribution in [-0.4, -0.2) is 45.9 Å². The zero-order chi connectivity index (χ0) is 14.5.